The lowest BCUT2D eigenvalue weighted by Gasteiger charge is -2.30. The largest absolute Gasteiger partial charge is 0.354 e. The number of carbonyl (C=O) groups excluding carboxylic acids is 2. The van der Waals surface area contributed by atoms with Gasteiger partial charge >= 0.3 is 0 Å². The van der Waals surface area contributed by atoms with Gasteiger partial charge in [-0.1, -0.05) is 61.3 Å². The molecule has 0 radical (unpaired) electrons. The Bertz CT molecular complexity index is 776. The topological polar surface area (TPSA) is 49.4 Å². The van der Waals surface area contributed by atoms with E-state index >= 15 is 0 Å². The zero-order valence-corrected chi connectivity index (χ0v) is 17.8. The molecule has 2 amide bonds. The van der Waals surface area contributed by atoms with Gasteiger partial charge in [0, 0.05) is 23.1 Å². The van der Waals surface area contributed by atoms with Crippen molar-refractivity contribution in [3.63, 3.8) is 0 Å². The summed E-state index contributed by atoms with van der Waals surface area (Å²) in [5.41, 5.74) is 1.79. The monoisotopic (exact) mass is 420 g/mol. The normalized spacial score (nSPS) is 11.7. The number of rotatable bonds is 9. The van der Waals surface area contributed by atoms with Crippen LogP contribution in [0.2, 0.25) is 10.0 Å². The number of hydrogen-bond donors (Lipinski definition) is 1. The molecule has 0 aliphatic heterocycles. The third kappa shape index (κ3) is 6.54. The molecule has 6 heteroatoms. The molecule has 2 aromatic carbocycles. The number of nitrogens with zero attached hydrogens (tertiary/aromatic N) is 1. The van der Waals surface area contributed by atoms with Crippen molar-refractivity contribution in [2.75, 3.05) is 6.54 Å². The average Bonchev–Trinajstić information content (AvgIpc) is 2.69. The molecular weight excluding hydrogens is 395 g/mol. The van der Waals surface area contributed by atoms with E-state index in [2.05, 4.69) is 5.32 Å². The van der Waals surface area contributed by atoms with Crippen molar-refractivity contribution in [2.45, 2.75) is 45.7 Å². The number of benzene rings is 2. The van der Waals surface area contributed by atoms with Crippen LogP contribution in [-0.2, 0) is 22.6 Å². The maximum Gasteiger partial charge on any atom is 0.242 e. The lowest BCUT2D eigenvalue weighted by molar-refractivity contribution is -0.140. The van der Waals surface area contributed by atoms with Crippen LogP contribution < -0.4 is 5.32 Å². The summed E-state index contributed by atoms with van der Waals surface area (Å²) in [4.78, 5) is 27.5. The van der Waals surface area contributed by atoms with E-state index in [1.165, 1.54) is 0 Å². The highest BCUT2D eigenvalue weighted by molar-refractivity contribution is 6.30. The van der Waals surface area contributed by atoms with Gasteiger partial charge in [0.2, 0.25) is 11.8 Å². The first-order valence-corrected chi connectivity index (χ1v) is 10.3. The fourth-order valence-corrected chi connectivity index (χ4v) is 3.20. The van der Waals surface area contributed by atoms with Crippen LogP contribution in [0.15, 0.2) is 48.5 Å². The van der Waals surface area contributed by atoms with Gasteiger partial charge in [0.15, 0.2) is 0 Å². The van der Waals surface area contributed by atoms with Gasteiger partial charge in [-0.2, -0.15) is 0 Å². The van der Waals surface area contributed by atoms with Gasteiger partial charge in [0.1, 0.15) is 6.04 Å². The minimum atomic E-state index is -0.526. The lowest BCUT2D eigenvalue weighted by Crippen LogP contribution is -2.49. The molecule has 0 aromatic heterocycles. The molecule has 2 rings (SSSR count). The zero-order chi connectivity index (χ0) is 20.5. The predicted molar refractivity (Wildman–Crippen MR) is 115 cm³/mol. The van der Waals surface area contributed by atoms with Gasteiger partial charge < -0.3 is 10.2 Å². The van der Waals surface area contributed by atoms with Gasteiger partial charge in [0.05, 0.1) is 6.42 Å². The van der Waals surface area contributed by atoms with Gasteiger partial charge in [-0.25, -0.2) is 0 Å². The molecule has 0 spiro atoms. The molecule has 28 heavy (non-hydrogen) atoms. The highest BCUT2D eigenvalue weighted by Gasteiger charge is 2.28. The van der Waals surface area contributed by atoms with Crippen LogP contribution in [0.25, 0.3) is 0 Å². The lowest BCUT2D eigenvalue weighted by atomic mass is 10.1. The summed E-state index contributed by atoms with van der Waals surface area (Å²) in [5.74, 6) is -0.224. The number of hydrogen-bond acceptors (Lipinski definition) is 2. The highest BCUT2D eigenvalue weighted by atomic mass is 35.5. The molecule has 0 saturated carbocycles. The first kappa shape index (κ1) is 22.3. The molecule has 0 unspecified atom stereocenters. The van der Waals surface area contributed by atoms with Crippen molar-refractivity contribution < 1.29 is 9.59 Å². The fraction of sp³-hybridized carbons (Fsp3) is 0.364. The molecule has 0 saturated heterocycles. The number of amides is 2. The third-order valence-electron chi connectivity index (χ3n) is 4.47. The van der Waals surface area contributed by atoms with Gasteiger partial charge in [-0.05, 0) is 48.2 Å². The van der Waals surface area contributed by atoms with E-state index in [0.29, 0.717) is 29.6 Å². The van der Waals surface area contributed by atoms with Crippen LogP contribution in [0.3, 0.4) is 0 Å². The molecule has 0 aliphatic rings. The smallest absolute Gasteiger partial charge is 0.242 e. The van der Waals surface area contributed by atoms with Crippen molar-refractivity contribution in [3.05, 3.63) is 69.7 Å². The van der Waals surface area contributed by atoms with Crippen LogP contribution in [0.1, 0.15) is 37.8 Å². The van der Waals surface area contributed by atoms with Crippen molar-refractivity contribution in [1.29, 1.82) is 0 Å². The summed E-state index contributed by atoms with van der Waals surface area (Å²) in [6, 6.07) is 14.0. The van der Waals surface area contributed by atoms with Crippen molar-refractivity contribution >= 4 is 35.0 Å². The average molecular weight is 421 g/mol. The minimum absolute atomic E-state index is 0.101. The maximum atomic E-state index is 13.1. The first-order valence-electron chi connectivity index (χ1n) is 9.50. The Morgan fingerprint density at radius 1 is 0.929 bits per heavy atom. The molecule has 0 fully saturated rings. The minimum Gasteiger partial charge on any atom is -0.354 e. The van der Waals surface area contributed by atoms with E-state index in [-0.39, 0.29) is 18.2 Å². The molecule has 1 N–H and O–H groups in total. The van der Waals surface area contributed by atoms with E-state index in [0.717, 1.165) is 17.5 Å². The van der Waals surface area contributed by atoms with Gasteiger partial charge in [0.25, 0.3) is 0 Å². The summed E-state index contributed by atoms with van der Waals surface area (Å²) >= 11 is 11.9. The molecule has 0 heterocycles. The SMILES string of the molecule is CCCNC(=O)[C@@H](CC)N(Cc1ccc(Cl)cc1)C(=O)Cc1ccc(Cl)cc1. The zero-order valence-electron chi connectivity index (χ0n) is 16.3. The Balaban J connectivity index is 2.24. The molecule has 4 nitrogen and oxygen atoms in total. The van der Waals surface area contributed by atoms with E-state index in [1.54, 1.807) is 29.2 Å². The summed E-state index contributed by atoms with van der Waals surface area (Å²) in [7, 11) is 0. The second-order valence-corrected chi connectivity index (χ2v) is 7.54. The molecule has 1 atom stereocenters. The Labute approximate surface area is 176 Å². The number of carbonyl (C=O) groups is 2. The summed E-state index contributed by atoms with van der Waals surface area (Å²) < 4.78 is 0. The highest BCUT2D eigenvalue weighted by Crippen LogP contribution is 2.17. The summed E-state index contributed by atoms with van der Waals surface area (Å²) in [5, 5.41) is 4.17. The van der Waals surface area contributed by atoms with Crippen LogP contribution in [0, 0.1) is 0 Å². The fourth-order valence-electron chi connectivity index (χ4n) is 2.95. The van der Waals surface area contributed by atoms with Crippen LogP contribution in [-0.4, -0.2) is 29.3 Å². The Morgan fingerprint density at radius 3 is 1.96 bits per heavy atom. The van der Waals surface area contributed by atoms with Crippen molar-refractivity contribution in [3.8, 4) is 0 Å². The number of nitrogens with one attached hydrogen (secondary N) is 1. The second kappa shape index (κ2) is 11.1. The van der Waals surface area contributed by atoms with Gasteiger partial charge in [-0.15, -0.1) is 0 Å². The quantitative estimate of drug-likeness (QED) is 0.628. The van der Waals surface area contributed by atoms with E-state index < -0.39 is 6.04 Å². The molecule has 2 aromatic rings. The third-order valence-corrected chi connectivity index (χ3v) is 4.97. The molecule has 0 aliphatic carbocycles. The maximum absolute atomic E-state index is 13.1. The Hall–Kier alpha value is -2.04. The van der Waals surface area contributed by atoms with E-state index in [1.807, 2.05) is 38.1 Å². The summed E-state index contributed by atoms with van der Waals surface area (Å²) in [6.07, 6.45) is 1.59. The standard InChI is InChI=1S/C22H26Cl2N2O2/c1-3-13-25-22(28)20(4-2)26(15-17-7-11-19(24)12-8-17)21(27)14-16-5-9-18(23)10-6-16/h5-12,20H,3-4,13-15H2,1-2H3,(H,25,28)/t20-/m1/s1. The second-order valence-electron chi connectivity index (χ2n) is 6.67. The number of halogens is 2. The Kier molecular flexibility index (Phi) is 8.81. The van der Waals surface area contributed by atoms with Crippen LogP contribution in [0.5, 0.6) is 0 Å². The van der Waals surface area contributed by atoms with Crippen LogP contribution >= 0.6 is 23.2 Å². The van der Waals surface area contributed by atoms with Crippen molar-refractivity contribution in [2.24, 2.45) is 0 Å². The molecular formula is C22H26Cl2N2O2. The van der Waals surface area contributed by atoms with Gasteiger partial charge in [-0.3, -0.25) is 9.59 Å². The molecule has 150 valence electrons. The predicted octanol–water partition coefficient (Wildman–Crippen LogP) is 4.87. The van der Waals surface area contributed by atoms with E-state index in [9.17, 15) is 9.59 Å². The Morgan fingerprint density at radius 2 is 1.46 bits per heavy atom. The molecule has 0 bridgehead atoms. The van der Waals surface area contributed by atoms with E-state index in [4.69, 9.17) is 23.2 Å². The first-order chi connectivity index (χ1) is 13.4. The summed E-state index contributed by atoms with van der Waals surface area (Å²) in [6.45, 7) is 4.86. The van der Waals surface area contributed by atoms with Crippen molar-refractivity contribution in [1.82, 2.24) is 10.2 Å². The van der Waals surface area contributed by atoms with Crippen LogP contribution in [0.4, 0.5) is 0 Å².